The number of nitrogens with zero attached hydrogens (tertiary/aromatic N) is 3. The standard InChI is InChI=1S/C26H26N4O3/c1-18-6-5-7-20(14-18)33-17-26(31)28-22-11-10-19(15-24(22)32-2)29-12-13-30-23-9-4-3-8-21(23)27-25(30)16-29/h3-11,14-15H,12-13,16-17H2,1-2H3,(H,28,31). The number of fused-ring (bicyclic) bond motifs is 3. The van der Waals surface area contributed by atoms with Gasteiger partial charge in [-0.25, -0.2) is 4.98 Å². The molecule has 33 heavy (non-hydrogen) atoms. The maximum absolute atomic E-state index is 12.4. The highest BCUT2D eigenvalue weighted by molar-refractivity contribution is 5.93. The van der Waals surface area contributed by atoms with Crippen LogP contribution in [0.25, 0.3) is 11.0 Å². The van der Waals surface area contributed by atoms with E-state index in [1.54, 1.807) is 7.11 Å². The van der Waals surface area contributed by atoms with Gasteiger partial charge in [0.2, 0.25) is 0 Å². The Morgan fingerprint density at radius 1 is 1.06 bits per heavy atom. The number of hydrogen-bond acceptors (Lipinski definition) is 5. The van der Waals surface area contributed by atoms with Crippen molar-refractivity contribution >= 4 is 28.3 Å². The third-order valence-electron chi connectivity index (χ3n) is 5.84. The molecule has 7 heteroatoms. The molecule has 5 rings (SSSR count). The Hall–Kier alpha value is -4.00. The smallest absolute Gasteiger partial charge is 0.262 e. The van der Waals surface area contributed by atoms with Gasteiger partial charge >= 0.3 is 0 Å². The van der Waals surface area contributed by atoms with Crippen molar-refractivity contribution in [3.63, 3.8) is 0 Å². The van der Waals surface area contributed by atoms with Gasteiger partial charge < -0.3 is 24.3 Å². The summed E-state index contributed by atoms with van der Waals surface area (Å²) in [5.74, 6) is 2.08. The number of carbonyl (C=O) groups excluding carboxylic acids is 1. The number of ether oxygens (including phenoxy) is 2. The molecule has 0 bridgehead atoms. The first-order chi connectivity index (χ1) is 16.1. The molecule has 0 aliphatic carbocycles. The number of aromatic nitrogens is 2. The van der Waals surface area contributed by atoms with Gasteiger partial charge in [0.1, 0.15) is 17.3 Å². The molecule has 2 heterocycles. The van der Waals surface area contributed by atoms with E-state index in [4.69, 9.17) is 14.5 Å². The number of imidazole rings is 1. The third kappa shape index (κ3) is 4.35. The van der Waals surface area contributed by atoms with Gasteiger partial charge in [-0.05, 0) is 48.9 Å². The van der Waals surface area contributed by atoms with E-state index in [2.05, 4.69) is 20.9 Å². The minimum Gasteiger partial charge on any atom is -0.494 e. The lowest BCUT2D eigenvalue weighted by atomic mass is 10.2. The summed E-state index contributed by atoms with van der Waals surface area (Å²) in [5.41, 5.74) is 4.93. The van der Waals surface area contributed by atoms with Crippen LogP contribution in [0.2, 0.25) is 0 Å². The van der Waals surface area contributed by atoms with Crippen molar-refractivity contribution in [1.82, 2.24) is 9.55 Å². The number of amides is 1. The number of anilines is 2. The number of methoxy groups -OCH3 is 1. The Kier molecular flexibility index (Phi) is 5.60. The molecule has 1 aliphatic rings. The highest BCUT2D eigenvalue weighted by Crippen LogP contribution is 2.32. The molecule has 1 aliphatic heterocycles. The van der Waals surface area contributed by atoms with Crippen LogP contribution >= 0.6 is 0 Å². The van der Waals surface area contributed by atoms with Crippen LogP contribution in [-0.4, -0.2) is 35.7 Å². The maximum atomic E-state index is 12.4. The SMILES string of the molecule is COc1cc(N2CCn3c(nc4ccccc43)C2)ccc1NC(=O)COc1cccc(C)c1. The quantitative estimate of drug-likeness (QED) is 0.480. The average Bonchev–Trinajstić information content (AvgIpc) is 3.21. The van der Waals surface area contributed by atoms with Gasteiger partial charge in [0.25, 0.3) is 5.91 Å². The van der Waals surface area contributed by atoms with Crippen molar-refractivity contribution < 1.29 is 14.3 Å². The first-order valence-electron chi connectivity index (χ1n) is 11.0. The van der Waals surface area contributed by atoms with E-state index in [9.17, 15) is 4.79 Å². The van der Waals surface area contributed by atoms with Crippen LogP contribution in [0.4, 0.5) is 11.4 Å². The molecule has 0 spiro atoms. The lowest BCUT2D eigenvalue weighted by Gasteiger charge is -2.30. The molecule has 1 amide bonds. The zero-order chi connectivity index (χ0) is 22.8. The van der Waals surface area contributed by atoms with Crippen LogP contribution in [0.1, 0.15) is 11.4 Å². The second-order valence-corrected chi connectivity index (χ2v) is 8.13. The van der Waals surface area contributed by atoms with Gasteiger partial charge in [-0.2, -0.15) is 0 Å². The number of para-hydroxylation sites is 2. The fraction of sp³-hybridized carbons (Fsp3) is 0.231. The fourth-order valence-corrected chi connectivity index (χ4v) is 4.21. The molecular formula is C26H26N4O3. The van der Waals surface area contributed by atoms with Crippen molar-refractivity contribution in [2.45, 2.75) is 20.0 Å². The number of rotatable bonds is 6. The molecule has 0 saturated carbocycles. The van der Waals surface area contributed by atoms with E-state index in [0.29, 0.717) is 23.7 Å². The van der Waals surface area contributed by atoms with Crippen molar-refractivity contribution in [3.8, 4) is 11.5 Å². The second kappa shape index (κ2) is 8.86. The molecule has 4 aromatic rings. The normalized spacial score (nSPS) is 13.0. The Labute approximate surface area is 192 Å². The highest BCUT2D eigenvalue weighted by Gasteiger charge is 2.21. The first-order valence-corrected chi connectivity index (χ1v) is 11.0. The van der Waals surface area contributed by atoms with Gasteiger partial charge in [-0.1, -0.05) is 24.3 Å². The van der Waals surface area contributed by atoms with Gasteiger partial charge in [0.05, 0.1) is 30.4 Å². The molecule has 0 unspecified atom stereocenters. The molecule has 1 N–H and O–H groups in total. The molecule has 0 saturated heterocycles. The van der Waals surface area contributed by atoms with Gasteiger partial charge in [0.15, 0.2) is 6.61 Å². The van der Waals surface area contributed by atoms with Crippen LogP contribution in [0.3, 0.4) is 0 Å². The van der Waals surface area contributed by atoms with Gasteiger partial charge in [-0.3, -0.25) is 4.79 Å². The Morgan fingerprint density at radius 2 is 1.94 bits per heavy atom. The second-order valence-electron chi connectivity index (χ2n) is 8.13. The predicted octanol–water partition coefficient (Wildman–Crippen LogP) is 4.39. The first kappa shape index (κ1) is 20.9. The number of aryl methyl sites for hydroxylation is 1. The minimum absolute atomic E-state index is 0.0727. The van der Waals surface area contributed by atoms with Gasteiger partial charge in [-0.15, -0.1) is 0 Å². The summed E-state index contributed by atoms with van der Waals surface area (Å²) in [6, 6.07) is 21.7. The monoisotopic (exact) mass is 442 g/mol. The largest absolute Gasteiger partial charge is 0.494 e. The minimum atomic E-state index is -0.241. The maximum Gasteiger partial charge on any atom is 0.262 e. The highest BCUT2D eigenvalue weighted by atomic mass is 16.5. The fourth-order valence-electron chi connectivity index (χ4n) is 4.21. The number of nitrogens with one attached hydrogen (secondary N) is 1. The van der Waals surface area contributed by atoms with Crippen LogP contribution in [0.5, 0.6) is 11.5 Å². The zero-order valence-corrected chi connectivity index (χ0v) is 18.7. The lowest BCUT2D eigenvalue weighted by Crippen LogP contribution is -2.33. The molecule has 0 fully saturated rings. The summed E-state index contributed by atoms with van der Waals surface area (Å²) in [6.45, 7) is 4.36. The summed E-state index contributed by atoms with van der Waals surface area (Å²) in [6.07, 6.45) is 0. The number of hydrogen-bond donors (Lipinski definition) is 1. The number of carbonyl (C=O) groups is 1. The van der Waals surface area contributed by atoms with Crippen LogP contribution in [0.15, 0.2) is 66.7 Å². The summed E-state index contributed by atoms with van der Waals surface area (Å²) < 4.78 is 13.5. The molecule has 0 radical (unpaired) electrons. The summed E-state index contributed by atoms with van der Waals surface area (Å²) in [5, 5.41) is 2.89. The zero-order valence-electron chi connectivity index (χ0n) is 18.7. The van der Waals surface area contributed by atoms with Crippen molar-refractivity contribution in [3.05, 3.63) is 78.1 Å². The van der Waals surface area contributed by atoms with Crippen LogP contribution < -0.4 is 19.7 Å². The van der Waals surface area contributed by atoms with Crippen LogP contribution in [-0.2, 0) is 17.9 Å². The molecule has 168 valence electrons. The van der Waals surface area contributed by atoms with E-state index in [1.165, 1.54) is 5.52 Å². The van der Waals surface area contributed by atoms with E-state index in [-0.39, 0.29) is 12.5 Å². The van der Waals surface area contributed by atoms with Crippen molar-refractivity contribution in [2.75, 3.05) is 30.5 Å². The summed E-state index contributed by atoms with van der Waals surface area (Å²) >= 11 is 0. The average molecular weight is 443 g/mol. The van der Waals surface area contributed by atoms with Gasteiger partial charge in [0, 0.05) is 24.8 Å². The molecular weight excluding hydrogens is 416 g/mol. The van der Waals surface area contributed by atoms with Crippen molar-refractivity contribution in [1.29, 1.82) is 0 Å². The van der Waals surface area contributed by atoms with E-state index in [0.717, 1.165) is 35.7 Å². The topological polar surface area (TPSA) is 68.6 Å². The Morgan fingerprint density at radius 3 is 2.79 bits per heavy atom. The summed E-state index contributed by atoms with van der Waals surface area (Å²) in [4.78, 5) is 19.5. The van der Waals surface area contributed by atoms with E-state index in [1.807, 2.05) is 67.6 Å². The Bertz CT molecular complexity index is 1310. The van der Waals surface area contributed by atoms with Crippen LogP contribution in [0, 0.1) is 6.92 Å². The number of benzene rings is 3. The molecule has 0 atom stereocenters. The summed E-state index contributed by atoms with van der Waals surface area (Å²) in [7, 11) is 1.60. The lowest BCUT2D eigenvalue weighted by molar-refractivity contribution is -0.118. The molecule has 1 aromatic heterocycles. The Balaban J connectivity index is 1.27. The third-order valence-corrected chi connectivity index (χ3v) is 5.84. The predicted molar refractivity (Wildman–Crippen MR) is 129 cm³/mol. The molecule has 3 aromatic carbocycles. The molecule has 7 nitrogen and oxygen atoms in total. The van der Waals surface area contributed by atoms with E-state index >= 15 is 0 Å². The van der Waals surface area contributed by atoms with E-state index < -0.39 is 0 Å². The van der Waals surface area contributed by atoms with Crippen molar-refractivity contribution in [2.24, 2.45) is 0 Å².